The van der Waals surface area contributed by atoms with E-state index in [1.54, 1.807) is 0 Å². The van der Waals surface area contributed by atoms with Gasteiger partial charge in [-0.1, -0.05) is 12.8 Å². The first-order chi connectivity index (χ1) is 14.6. The molecule has 2 bridgehead atoms. The van der Waals surface area contributed by atoms with E-state index in [0.717, 1.165) is 86.1 Å². The van der Waals surface area contributed by atoms with E-state index in [9.17, 15) is 0 Å². The molecule has 3 rings (SSSR count). The van der Waals surface area contributed by atoms with Gasteiger partial charge in [0, 0.05) is 85.7 Å². The summed E-state index contributed by atoms with van der Waals surface area (Å²) in [5.41, 5.74) is 6.66. The minimum absolute atomic E-state index is 0.769. The normalized spacial score (nSPS) is 31.9. The highest BCUT2D eigenvalue weighted by atomic mass is 14.9. The number of nitrogens with zero attached hydrogens (tertiary/aromatic N) is 4. The Morgan fingerprint density at radius 1 is 0.567 bits per heavy atom. The van der Waals surface area contributed by atoms with E-state index in [1.165, 1.54) is 25.7 Å². The Hall–Kier alpha value is -2.24. The molecule has 0 radical (unpaired) electrons. The first kappa shape index (κ1) is 24.0. The van der Waals surface area contributed by atoms with Gasteiger partial charge in [0.2, 0.25) is 0 Å². The largest absolute Gasteiger partial charge is 0.388 e. The van der Waals surface area contributed by atoms with Crippen LogP contribution < -0.4 is 10.6 Å². The average molecular weight is 413 g/mol. The number of fused-ring (bicyclic) bond motifs is 17. The van der Waals surface area contributed by atoms with E-state index < -0.39 is 0 Å². The standard InChI is InChI=1S/C24H40N6/c1-19-23-17-25-11-9-12-26-18-24(22(4)30-16-10-15-29-21(23)3)20(2)28-14-8-6-5-7-13-27-19/h17-18,27-28H,5-16H2,1-4H3/b23-19-,24-20+,25-17+,26-18-,29-21+,30-22-. The van der Waals surface area contributed by atoms with Gasteiger partial charge in [0.1, 0.15) is 0 Å². The molecular weight excluding hydrogens is 372 g/mol. The molecule has 0 aliphatic carbocycles. The molecule has 3 aliphatic heterocycles. The highest BCUT2D eigenvalue weighted by molar-refractivity contribution is 6.16. The van der Waals surface area contributed by atoms with Gasteiger partial charge in [-0.3, -0.25) is 20.0 Å². The van der Waals surface area contributed by atoms with Crippen molar-refractivity contribution in [2.24, 2.45) is 20.0 Å². The Kier molecular flexibility index (Phi) is 11.1. The summed E-state index contributed by atoms with van der Waals surface area (Å²) in [6, 6.07) is 0. The first-order valence-corrected chi connectivity index (χ1v) is 11.5. The van der Waals surface area contributed by atoms with Crippen LogP contribution >= 0.6 is 0 Å². The van der Waals surface area contributed by atoms with Crippen LogP contribution in [0.4, 0.5) is 0 Å². The molecule has 6 heteroatoms. The van der Waals surface area contributed by atoms with Crippen LogP contribution in [0.3, 0.4) is 0 Å². The molecule has 6 nitrogen and oxygen atoms in total. The maximum Gasteiger partial charge on any atom is 0.0422 e. The van der Waals surface area contributed by atoms with E-state index in [0.29, 0.717) is 0 Å². The molecule has 0 fully saturated rings. The SMILES string of the molecule is C\C1=N\CCC/N=C(C)/C2=C(/C)NCCCCCCN/C(C)=C1\C=N/CCC\N=C\2. The molecule has 0 aromatic carbocycles. The van der Waals surface area contributed by atoms with Gasteiger partial charge in [-0.25, -0.2) is 0 Å². The summed E-state index contributed by atoms with van der Waals surface area (Å²) >= 11 is 0. The number of rotatable bonds is 0. The van der Waals surface area contributed by atoms with Gasteiger partial charge in [-0.2, -0.15) is 0 Å². The molecule has 0 spiro atoms. The number of allylic oxidation sites excluding steroid dienone is 4. The molecule has 30 heavy (non-hydrogen) atoms. The lowest BCUT2D eigenvalue weighted by atomic mass is 10.1. The fraction of sp³-hybridized carbons (Fsp3) is 0.667. The Morgan fingerprint density at radius 3 is 1.47 bits per heavy atom. The minimum Gasteiger partial charge on any atom is -0.388 e. The number of aliphatic imine (C=N–C) groups is 4. The summed E-state index contributed by atoms with van der Waals surface area (Å²) in [5, 5.41) is 7.18. The van der Waals surface area contributed by atoms with Crippen molar-refractivity contribution in [3.05, 3.63) is 22.5 Å². The van der Waals surface area contributed by atoms with E-state index in [2.05, 4.69) is 48.3 Å². The second kappa shape index (κ2) is 13.9. The van der Waals surface area contributed by atoms with Crippen LogP contribution in [-0.4, -0.2) is 63.1 Å². The molecule has 3 aliphatic rings. The lowest BCUT2D eigenvalue weighted by Crippen LogP contribution is -2.19. The molecule has 166 valence electrons. The summed E-state index contributed by atoms with van der Waals surface area (Å²) < 4.78 is 0. The Labute approximate surface area is 182 Å². The Bertz CT molecular complexity index is 664. The molecule has 0 aromatic heterocycles. The third kappa shape index (κ3) is 8.64. The van der Waals surface area contributed by atoms with E-state index >= 15 is 0 Å². The molecule has 0 aromatic rings. The van der Waals surface area contributed by atoms with Crippen LogP contribution in [0.15, 0.2) is 42.5 Å². The van der Waals surface area contributed by atoms with Crippen molar-refractivity contribution in [3.63, 3.8) is 0 Å². The highest BCUT2D eigenvalue weighted by Crippen LogP contribution is 2.08. The lowest BCUT2D eigenvalue weighted by Gasteiger charge is -2.12. The predicted octanol–water partition coefficient (Wildman–Crippen LogP) is 4.14. The summed E-state index contributed by atoms with van der Waals surface area (Å²) in [7, 11) is 0. The third-order valence-corrected chi connectivity index (χ3v) is 5.50. The topological polar surface area (TPSA) is 73.5 Å². The zero-order valence-corrected chi connectivity index (χ0v) is 19.4. The Balaban J connectivity index is 2.36. The van der Waals surface area contributed by atoms with Gasteiger partial charge in [-0.05, 0) is 53.4 Å². The van der Waals surface area contributed by atoms with Crippen LogP contribution in [0.5, 0.6) is 0 Å². The minimum atomic E-state index is 0.769. The van der Waals surface area contributed by atoms with Gasteiger partial charge < -0.3 is 10.6 Å². The lowest BCUT2D eigenvalue weighted by molar-refractivity contribution is 0.601. The van der Waals surface area contributed by atoms with Gasteiger partial charge in [0.05, 0.1) is 0 Å². The van der Waals surface area contributed by atoms with Crippen LogP contribution in [0.2, 0.25) is 0 Å². The maximum atomic E-state index is 4.81. The fourth-order valence-corrected chi connectivity index (χ4v) is 3.57. The first-order valence-electron chi connectivity index (χ1n) is 11.5. The van der Waals surface area contributed by atoms with Gasteiger partial charge in [-0.15, -0.1) is 0 Å². The van der Waals surface area contributed by atoms with Crippen molar-refractivity contribution >= 4 is 23.9 Å². The molecule has 0 saturated carbocycles. The predicted molar refractivity (Wildman–Crippen MR) is 132 cm³/mol. The van der Waals surface area contributed by atoms with E-state index in [1.807, 2.05) is 12.4 Å². The van der Waals surface area contributed by atoms with Crippen molar-refractivity contribution in [3.8, 4) is 0 Å². The van der Waals surface area contributed by atoms with Crippen LogP contribution in [-0.2, 0) is 0 Å². The quantitative estimate of drug-likeness (QED) is 0.627. The average Bonchev–Trinajstić information content (AvgIpc) is 2.72. The monoisotopic (exact) mass is 412 g/mol. The molecule has 0 saturated heterocycles. The van der Waals surface area contributed by atoms with Crippen molar-refractivity contribution in [1.29, 1.82) is 0 Å². The summed E-state index contributed by atoms with van der Waals surface area (Å²) in [4.78, 5) is 19.0. The van der Waals surface area contributed by atoms with Gasteiger partial charge >= 0.3 is 0 Å². The fourth-order valence-electron chi connectivity index (χ4n) is 3.57. The van der Waals surface area contributed by atoms with E-state index in [4.69, 9.17) is 9.98 Å². The number of nitrogens with one attached hydrogen (secondary N) is 2. The Morgan fingerprint density at radius 2 is 1.00 bits per heavy atom. The number of hydrogen-bond acceptors (Lipinski definition) is 6. The summed E-state index contributed by atoms with van der Waals surface area (Å²) in [5.74, 6) is 0. The summed E-state index contributed by atoms with van der Waals surface area (Å²) in [6.45, 7) is 13.5. The second-order valence-electron chi connectivity index (χ2n) is 8.06. The smallest absolute Gasteiger partial charge is 0.0422 e. The highest BCUT2D eigenvalue weighted by Gasteiger charge is 2.07. The van der Waals surface area contributed by atoms with Crippen molar-refractivity contribution in [2.45, 2.75) is 66.2 Å². The maximum absolute atomic E-state index is 4.81. The van der Waals surface area contributed by atoms with Gasteiger partial charge in [0.15, 0.2) is 0 Å². The van der Waals surface area contributed by atoms with Crippen molar-refractivity contribution < 1.29 is 0 Å². The van der Waals surface area contributed by atoms with Crippen LogP contribution in [0, 0.1) is 0 Å². The van der Waals surface area contributed by atoms with Gasteiger partial charge in [0.25, 0.3) is 0 Å². The molecule has 3 heterocycles. The second-order valence-corrected chi connectivity index (χ2v) is 8.06. The zero-order valence-electron chi connectivity index (χ0n) is 19.4. The van der Waals surface area contributed by atoms with Crippen molar-refractivity contribution in [1.82, 2.24) is 10.6 Å². The third-order valence-electron chi connectivity index (χ3n) is 5.50. The zero-order chi connectivity index (χ0) is 21.6. The van der Waals surface area contributed by atoms with Crippen LogP contribution in [0.1, 0.15) is 66.2 Å². The molecule has 0 atom stereocenters. The summed E-state index contributed by atoms with van der Waals surface area (Å²) in [6.07, 6.45) is 10.7. The molecule has 0 unspecified atom stereocenters. The van der Waals surface area contributed by atoms with Crippen LogP contribution in [0.25, 0.3) is 0 Å². The van der Waals surface area contributed by atoms with Crippen molar-refractivity contribution in [2.75, 3.05) is 39.3 Å². The van der Waals surface area contributed by atoms with E-state index in [-0.39, 0.29) is 0 Å². The molecular formula is C24H40N6. The molecule has 2 N–H and O–H groups in total. The number of hydrogen-bond donors (Lipinski definition) is 2. The molecule has 0 amide bonds.